The second kappa shape index (κ2) is 9.16. The molecular formula is C15H19Br2ClN4O2S. The van der Waals surface area contributed by atoms with Gasteiger partial charge in [0, 0.05) is 55.8 Å². The summed E-state index contributed by atoms with van der Waals surface area (Å²) in [7, 11) is 4.13. The Balaban J connectivity index is 0.000000257. The Morgan fingerprint density at radius 1 is 0.920 bits per heavy atom. The molecule has 138 valence electrons. The molecule has 2 aromatic rings. The standard InChI is InChI=1S/C8H11BrN2O2S.C7H8BrClN2/c1-11(2)7-4-6(9)5-10-8(7)14(3,12)13;1-11(2)6-3-5(8)4-10-7(6)9/h4-5H,1-3H3;3-4H,1-2H3. The van der Waals surface area contributed by atoms with Gasteiger partial charge < -0.3 is 9.80 Å². The highest BCUT2D eigenvalue weighted by atomic mass is 79.9. The maximum atomic E-state index is 11.4. The quantitative estimate of drug-likeness (QED) is 0.580. The van der Waals surface area contributed by atoms with Crippen molar-refractivity contribution in [1.82, 2.24) is 9.97 Å². The Bertz CT molecular complexity index is 845. The number of anilines is 2. The molecule has 0 aliphatic heterocycles. The average molecular weight is 515 g/mol. The van der Waals surface area contributed by atoms with Crippen LogP contribution in [0.1, 0.15) is 0 Å². The first-order valence-electron chi connectivity index (χ1n) is 6.94. The number of aromatic nitrogens is 2. The van der Waals surface area contributed by atoms with Crippen LogP contribution in [0.25, 0.3) is 0 Å². The van der Waals surface area contributed by atoms with Gasteiger partial charge in [0.15, 0.2) is 20.0 Å². The van der Waals surface area contributed by atoms with Gasteiger partial charge in [-0.25, -0.2) is 18.4 Å². The number of halogens is 3. The fraction of sp³-hybridized carbons (Fsp3) is 0.333. The molecule has 25 heavy (non-hydrogen) atoms. The molecule has 2 heterocycles. The molecule has 2 rings (SSSR count). The first-order chi connectivity index (χ1) is 11.4. The van der Waals surface area contributed by atoms with E-state index in [1.165, 1.54) is 6.20 Å². The Morgan fingerprint density at radius 2 is 1.36 bits per heavy atom. The Kier molecular flexibility index (Phi) is 8.11. The molecule has 6 nitrogen and oxygen atoms in total. The van der Waals surface area contributed by atoms with Crippen molar-refractivity contribution in [3.05, 3.63) is 38.6 Å². The number of hydrogen-bond donors (Lipinski definition) is 0. The van der Waals surface area contributed by atoms with Gasteiger partial charge in [0.2, 0.25) is 0 Å². The second-order valence-electron chi connectivity index (χ2n) is 5.50. The van der Waals surface area contributed by atoms with Crippen molar-refractivity contribution < 1.29 is 8.42 Å². The zero-order valence-electron chi connectivity index (χ0n) is 14.5. The summed E-state index contributed by atoms with van der Waals surface area (Å²) in [6.45, 7) is 0. The van der Waals surface area contributed by atoms with Gasteiger partial charge in [0.25, 0.3) is 0 Å². The fourth-order valence-corrected chi connectivity index (χ4v) is 3.52. The van der Waals surface area contributed by atoms with Gasteiger partial charge >= 0.3 is 0 Å². The van der Waals surface area contributed by atoms with Gasteiger partial charge in [0.1, 0.15) is 0 Å². The lowest BCUT2D eigenvalue weighted by Crippen LogP contribution is -2.14. The highest BCUT2D eigenvalue weighted by molar-refractivity contribution is 9.10. The van der Waals surface area contributed by atoms with Crippen LogP contribution in [0.2, 0.25) is 5.15 Å². The monoisotopic (exact) mass is 512 g/mol. The van der Waals surface area contributed by atoms with Crippen LogP contribution >= 0.6 is 43.5 Å². The summed E-state index contributed by atoms with van der Waals surface area (Å²) >= 11 is 12.4. The molecule has 0 amide bonds. The van der Waals surface area contributed by atoms with Crippen LogP contribution in [0.5, 0.6) is 0 Å². The van der Waals surface area contributed by atoms with E-state index in [1.807, 2.05) is 25.1 Å². The lowest BCUT2D eigenvalue weighted by molar-refractivity contribution is 0.598. The summed E-state index contributed by atoms with van der Waals surface area (Å²) in [5, 5.41) is 0.629. The molecule has 0 N–H and O–H groups in total. The van der Waals surface area contributed by atoms with Crippen LogP contribution in [-0.2, 0) is 9.84 Å². The molecule has 0 aliphatic carbocycles. The lowest BCUT2D eigenvalue weighted by Gasteiger charge is -2.15. The van der Waals surface area contributed by atoms with E-state index in [4.69, 9.17) is 11.6 Å². The predicted octanol–water partition coefficient (Wildman–Crippen LogP) is 3.88. The summed E-state index contributed by atoms with van der Waals surface area (Å²) in [5.74, 6) is 0. The summed E-state index contributed by atoms with van der Waals surface area (Å²) in [6, 6.07) is 3.65. The zero-order chi connectivity index (χ0) is 19.4. The third-order valence-electron chi connectivity index (χ3n) is 2.90. The highest BCUT2D eigenvalue weighted by Crippen LogP contribution is 2.25. The molecule has 0 bridgehead atoms. The summed E-state index contributed by atoms with van der Waals surface area (Å²) < 4.78 is 24.4. The van der Waals surface area contributed by atoms with Gasteiger partial charge in [-0.1, -0.05) is 11.6 Å². The van der Waals surface area contributed by atoms with Crippen LogP contribution in [0, 0.1) is 0 Å². The summed E-state index contributed by atoms with van der Waals surface area (Å²) in [6.07, 6.45) is 4.30. The maximum Gasteiger partial charge on any atom is 0.194 e. The topological polar surface area (TPSA) is 66.4 Å². The number of nitrogens with zero attached hydrogens (tertiary/aromatic N) is 4. The maximum absolute atomic E-state index is 11.4. The van der Waals surface area contributed by atoms with Crippen LogP contribution in [-0.4, -0.2) is 52.8 Å². The van der Waals surface area contributed by atoms with Crippen molar-refractivity contribution in [3.63, 3.8) is 0 Å². The first-order valence-corrected chi connectivity index (χ1v) is 10.8. The molecule has 0 fully saturated rings. The van der Waals surface area contributed by atoms with E-state index in [0.717, 1.165) is 20.9 Å². The van der Waals surface area contributed by atoms with Crippen molar-refractivity contribution in [3.8, 4) is 0 Å². The molecule has 0 saturated heterocycles. The summed E-state index contributed by atoms with van der Waals surface area (Å²) in [4.78, 5) is 11.5. The zero-order valence-corrected chi connectivity index (χ0v) is 19.2. The number of sulfone groups is 1. The van der Waals surface area contributed by atoms with E-state index in [0.29, 0.717) is 10.8 Å². The molecular weight excluding hydrogens is 496 g/mol. The highest BCUT2D eigenvalue weighted by Gasteiger charge is 2.16. The van der Waals surface area contributed by atoms with Gasteiger partial charge in [-0.2, -0.15) is 0 Å². The SMILES string of the molecule is CN(C)c1cc(Br)cnc1Cl.CN(C)c1cc(Br)cnc1S(C)(=O)=O. The van der Waals surface area contributed by atoms with Crippen LogP contribution < -0.4 is 9.80 Å². The molecule has 0 unspecified atom stereocenters. The molecule has 0 saturated carbocycles. The fourth-order valence-electron chi connectivity index (χ4n) is 1.75. The van der Waals surface area contributed by atoms with Crippen LogP contribution in [0.15, 0.2) is 38.5 Å². The number of rotatable bonds is 3. The number of hydrogen-bond acceptors (Lipinski definition) is 6. The van der Waals surface area contributed by atoms with Gasteiger partial charge in [0.05, 0.1) is 11.4 Å². The van der Waals surface area contributed by atoms with Gasteiger partial charge in [-0.15, -0.1) is 0 Å². The number of pyridine rings is 2. The average Bonchev–Trinajstić information content (AvgIpc) is 2.48. The van der Waals surface area contributed by atoms with E-state index in [-0.39, 0.29) is 5.03 Å². The molecule has 0 spiro atoms. The van der Waals surface area contributed by atoms with Crippen molar-refractivity contribution in [1.29, 1.82) is 0 Å². The Labute approximate surface area is 170 Å². The largest absolute Gasteiger partial charge is 0.375 e. The van der Waals surface area contributed by atoms with E-state index in [2.05, 4.69) is 41.8 Å². The van der Waals surface area contributed by atoms with E-state index < -0.39 is 9.84 Å². The molecule has 0 radical (unpaired) electrons. The van der Waals surface area contributed by atoms with Gasteiger partial charge in [-0.3, -0.25) is 0 Å². The van der Waals surface area contributed by atoms with Crippen molar-refractivity contribution in [2.45, 2.75) is 5.03 Å². The van der Waals surface area contributed by atoms with Crippen molar-refractivity contribution in [2.75, 3.05) is 44.2 Å². The first kappa shape index (κ1) is 22.1. The van der Waals surface area contributed by atoms with E-state index in [9.17, 15) is 8.42 Å². The smallest absolute Gasteiger partial charge is 0.194 e. The van der Waals surface area contributed by atoms with Crippen LogP contribution in [0.3, 0.4) is 0 Å². The van der Waals surface area contributed by atoms with Crippen LogP contribution in [0.4, 0.5) is 11.4 Å². The van der Waals surface area contributed by atoms with E-state index in [1.54, 1.807) is 31.3 Å². The molecule has 10 heteroatoms. The molecule has 0 atom stereocenters. The Hall–Kier alpha value is -0.900. The minimum atomic E-state index is -3.27. The second-order valence-corrected chi connectivity index (χ2v) is 9.62. The predicted molar refractivity (Wildman–Crippen MR) is 111 cm³/mol. The van der Waals surface area contributed by atoms with Crippen molar-refractivity contribution >= 4 is 64.7 Å². The van der Waals surface area contributed by atoms with E-state index >= 15 is 0 Å². The Morgan fingerprint density at radius 3 is 1.76 bits per heavy atom. The van der Waals surface area contributed by atoms with Gasteiger partial charge in [-0.05, 0) is 44.0 Å². The van der Waals surface area contributed by atoms with Crippen molar-refractivity contribution in [2.24, 2.45) is 0 Å². The molecule has 2 aromatic heterocycles. The normalized spacial score (nSPS) is 10.7. The summed E-state index contributed by atoms with van der Waals surface area (Å²) in [5.41, 5.74) is 1.50. The molecule has 0 aliphatic rings. The lowest BCUT2D eigenvalue weighted by atomic mass is 10.4. The molecule has 0 aromatic carbocycles. The third-order valence-corrected chi connectivity index (χ3v) is 5.08. The minimum Gasteiger partial charge on any atom is -0.375 e. The minimum absolute atomic E-state index is 0.103. The third kappa shape index (κ3) is 6.73.